The van der Waals surface area contributed by atoms with Gasteiger partial charge in [-0.1, -0.05) is 60.7 Å². The molecule has 0 spiro atoms. The molecule has 3 aromatic carbocycles. The number of anilines is 1. The van der Waals surface area contributed by atoms with Gasteiger partial charge in [0.2, 0.25) is 5.91 Å². The highest BCUT2D eigenvalue weighted by atomic mass is 16.5. The molecule has 0 bridgehead atoms. The summed E-state index contributed by atoms with van der Waals surface area (Å²) in [6.45, 7) is 3.69. The molecule has 35 heavy (non-hydrogen) atoms. The van der Waals surface area contributed by atoms with E-state index in [1.807, 2.05) is 24.3 Å². The number of hydrogen-bond acceptors (Lipinski definition) is 4. The lowest BCUT2D eigenvalue weighted by Gasteiger charge is -2.23. The second-order valence-electron chi connectivity index (χ2n) is 8.54. The van der Waals surface area contributed by atoms with Crippen molar-refractivity contribution in [1.82, 2.24) is 4.90 Å². The Morgan fingerprint density at radius 3 is 2.06 bits per heavy atom. The Bertz CT molecular complexity index is 1190. The minimum Gasteiger partial charge on any atom is -0.480 e. The van der Waals surface area contributed by atoms with Crippen molar-refractivity contribution in [3.8, 4) is 11.1 Å². The molecule has 0 saturated heterocycles. The van der Waals surface area contributed by atoms with Crippen LogP contribution in [0, 0.1) is 0 Å². The van der Waals surface area contributed by atoms with Gasteiger partial charge in [-0.05, 0) is 53.8 Å². The molecule has 2 amide bonds. The van der Waals surface area contributed by atoms with Crippen molar-refractivity contribution in [3.63, 3.8) is 0 Å². The van der Waals surface area contributed by atoms with Crippen LogP contribution < -0.4 is 5.32 Å². The van der Waals surface area contributed by atoms with Crippen molar-refractivity contribution in [2.24, 2.45) is 0 Å². The van der Waals surface area contributed by atoms with Crippen LogP contribution in [-0.4, -0.2) is 47.7 Å². The van der Waals surface area contributed by atoms with Crippen molar-refractivity contribution in [3.05, 3.63) is 89.5 Å². The molecule has 180 valence electrons. The topological polar surface area (TPSA) is 95.9 Å². The van der Waals surface area contributed by atoms with Crippen LogP contribution in [0.2, 0.25) is 0 Å². The normalized spacial score (nSPS) is 12.9. The second-order valence-corrected chi connectivity index (χ2v) is 8.54. The van der Waals surface area contributed by atoms with E-state index >= 15 is 0 Å². The summed E-state index contributed by atoms with van der Waals surface area (Å²) in [7, 11) is 0. The number of ether oxygens (including phenoxy) is 1. The lowest BCUT2D eigenvalue weighted by molar-refractivity contribution is -0.144. The van der Waals surface area contributed by atoms with Crippen LogP contribution in [0.15, 0.2) is 72.8 Å². The first-order chi connectivity index (χ1) is 16.9. The van der Waals surface area contributed by atoms with Crippen LogP contribution >= 0.6 is 0 Å². The quantitative estimate of drug-likeness (QED) is 0.476. The van der Waals surface area contributed by atoms with Gasteiger partial charge < -0.3 is 14.7 Å². The summed E-state index contributed by atoms with van der Waals surface area (Å²) < 4.78 is 5.58. The van der Waals surface area contributed by atoms with E-state index < -0.39 is 18.0 Å². The highest BCUT2D eigenvalue weighted by Crippen LogP contribution is 2.44. The minimum absolute atomic E-state index is 0.0188. The molecule has 1 aliphatic carbocycles. The third-order valence-corrected chi connectivity index (χ3v) is 6.39. The SMILES string of the molecule is CCN(CC(=O)O)C(=O)C(C)c1ccc(NC(=O)OCC2c3ccccc3-c3ccccc32)cc1. The largest absolute Gasteiger partial charge is 0.480 e. The molecule has 7 heteroatoms. The molecule has 7 nitrogen and oxygen atoms in total. The summed E-state index contributed by atoms with van der Waals surface area (Å²) in [6, 6.07) is 23.2. The van der Waals surface area contributed by atoms with E-state index in [9.17, 15) is 14.4 Å². The fourth-order valence-electron chi connectivity index (χ4n) is 4.53. The predicted molar refractivity (Wildman–Crippen MR) is 133 cm³/mol. The molecular formula is C28H28N2O5. The van der Waals surface area contributed by atoms with Gasteiger partial charge in [-0.15, -0.1) is 0 Å². The third kappa shape index (κ3) is 5.19. The molecule has 0 radical (unpaired) electrons. The van der Waals surface area contributed by atoms with Crippen molar-refractivity contribution >= 4 is 23.7 Å². The number of carbonyl (C=O) groups is 3. The van der Waals surface area contributed by atoms with E-state index in [-0.39, 0.29) is 25.0 Å². The molecule has 4 rings (SSSR count). The van der Waals surface area contributed by atoms with Crippen LogP contribution in [0.3, 0.4) is 0 Å². The van der Waals surface area contributed by atoms with Gasteiger partial charge in [0.25, 0.3) is 0 Å². The van der Waals surface area contributed by atoms with Crippen LogP contribution in [0.1, 0.15) is 42.4 Å². The van der Waals surface area contributed by atoms with Gasteiger partial charge in [-0.3, -0.25) is 14.9 Å². The number of nitrogens with one attached hydrogen (secondary N) is 1. The number of aliphatic carboxylic acids is 1. The summed E-state index contributed by atoms with van der Waals surface area (Å²) in [5, 5.41) is 11.7. The molecule has 1 unspecified atom stereocenters. The number of nitrogens with zero attached hydrogens (tertiary/aromatic N) is 1. The molecule has 0 fully saturated rings. The number of hydrogen-bond donors (Lipinski definition) is 2. The molecule has 1 atom stereocenters. The molecule has 3 aromatic rings. The molecule has 0 aromatic heterocycles. The van der Waals surface area contributed by atoms with Gasteiger partial charge >= 0.3 is 12.1 Å². The Morgan fingerprint density at radius 2 is 1.51 bits per heavy atom. The number of fused-ring (bicyclic) bond motifs is 3. The Balaban J connectivity index is 1.36. The summed E-state index contributed by atoms with van der Waals surface area (Å²) in [4.78, 5) is 37.4. The Labute approximate surface area is 204 Å². The third-order valence-electron chi connectivity index (χ3n) is 6.39. The lowest BCUT2D eigenvalue weighted by Crippen LogP contribution is -2.38. The monoisotopic (exact) mass is 472 g/mol. The first-order valence-electron chi connectivity index (χ1n) is 11.6. The van der Waals surface area contributed by atoms with E-state index in [1.165, 1.54) is 16.0 Å². The molecule has 1 aliphatic rings. The second kappa shape index (κ2) is 10.4. The van der Waals surface area contributed by atoms with Gasteiger partial charge in [-0.25, -0.2) is 4.79 Å². The highest BCUT2D eigenvalue weighted by molar-refractivity contribution is 5.87. The number of amides is 2. The molecule has 0 heterocycles. The fourth-order valence-corrected chi connectivity index (χ4v) is 4.53. The van der Waals surface area contributed by atoms with E-state index in [4.69, 9.17) is 9.84 Å². The van der Waals surface area contributed by atoms with Crippen LogP contribution in [-0.2, 0) is 14.3 Å². The van der Waals surface area contributed by atoms with Crippen molar-refractivity contribution in [1.29, 1.82) is 0 Å². The number of likely N-dealkylation sites (N-methyl/N-ethyl adjacent to an activating group) is 1. The van der Waals surface area contributed by atoms with E-state index in [2.05, 4.69) is 29.6 Å². The van der Waals surface area contributed by atoms with Crippen molar-refractivity contribution < 1.29 is 24.2 Å². The van der Waals surface area contributed by atoms with Gasteiger partial charge in [-0.2, -0.15) is 0 Å². The zero-order chi connectivity index (χ0) is 24.9. The van der Waals surface area contributed by atoms with Gasteiger partial charge in [0.15, 0.2) is 0 Å². The van der Waals surface area contributed by atoms with E-state index in [0.717, 1.165) is 16.7 Å². The molecule has 2 N–H and O–H groups in total. The summed E-state index contributed by atoms with van der Waals surface area (Å²) in [6.07, 6.45) is -0.553. The maximum atomic E-state index is 12.6. The number of carboxylic acids is 1. The molecule has 0 saturated carbocycles. The van der Waals surface area contributed by atoms with Crippen molar-refractivity contribution in [2.45, 2.75) is 25.7 Å². The van der Waals surface area contributed by atoms with E-state index in [0.29, 0.717) is 12.2 Å². The summed E-state index contributed by atoms with van der Waals surface area (Å²) in [5.41, 5.74) is 5.91. The number of carboxylic acid groups (broad SMARTS) is 1. The average molecular weight is 473 g/mol. The Morgan fingerprint density at radius 1 is 0.943 bits per heavy atom. The Hall–Kier alpha value is -4.13. The maximum Gasteiger partial charge on any atom is 0.411 e. The predicted octanol–water partition coefficient (Wildman–Crippen LogP) is 5.08. The first kappa shape index (κ1) is 24.0. The van der Waals surface area contributed by atoms with Gasteiger partial charge in [0.05, 0.1) is 5.92 Å². The van der Waals surface area contributed by atoms with Crippen LogP contribution in [0.4, 0.5) is 10.5 Å². The zero-order valence-electron chi connectivity index (χ0n) is 19.7. The number of rotatable bonds is 8. The maximum absolute atomic E-state index is 12.6. The molecular weight excluding hydrogens is 444 g/mol. The fraction of sp³-hybridized carbons (Fsp3) is 0.250. The zero-order valence-corrected chi connectivity index (χ0v) is 19.7. The number of benzene rings is 3. The van der Waals surface area contributed by atoms with E-state index in [1.54, 1.807) is 38.1 Å². The smallest absolute Gasteiger partial charge is 0.411 e. The summed E-state index contributed by atoms with van der Waals surface area (Å²) >= 11 is 0. The van der Waals surface area contributed by atoms with Crippen LogP contribution in [0.5, 0.6) is 0 Å². The van der Waals surface area contributed by atoms with Crippen molar-refractivity contribution in [2.75, 3.05) is 25.0 Å². The van der Waals surface area contributed by atoms with Gasteiger partial charge in [0.1, 0.15) is 13.2 Å². The average Bonchev–Trinajstić information content (AvgIpc) is 3.19. The molecule has 0 aliphatic heterocycles. The standard InChI is InChI=1S/C28H28N2O5/c1-3-30(16-26(31)32)27(33)18(2)19-12-14-20(15-13-19)29-28(34)35-17-25-23-10-6-4-8-21(23)22-9-5-7-11-24(22)25/h4-15,18,25H,3,16-17H2,1-2H3,(H,29,34)(H,31,32). The number of carbonyl (C=O) groups excluding carboxylic acids is 2. The van der Waals surface area contributed by atoms with Crippen LogP contribution in [0.25, 0.3) is 11.1 Å². The highest BCUT2D eigenvalue weighted by Gasteiger charge is 2.29. The lowest BCUT2D eigenvalue weighted by atomic mass is 9.98. The first-order valence-corrected chi connectivity index (χ1v) is 11.6. The van der Waals surface area contributed by atoms with Gasteiger partial charge in [0, 0.05) is 18.2 Å². The summed E-state index contributed by atoms with van der Waals surface area (Å²) in [5.74, 6) is -1.82. The Kier molecular flexibility index (Phi) is 7.15. The minimum atomic E-state index is -1.05.